The monoisotopic (exact) mass is 297 g/mol. The number of nitrogens with one attached hydrogen (secondary N) is 1. The summed E-state index contributed by atoms with van der Waals surface area (Å²) in [7, 11) is 1.73. The van der Waals surface area contributed by atoms with Crippen molar-refractivity contribution in [2.45, 2.75) is 38.6 Å². The van der Waals surface area contributed by atoms with E-state index in [1.165, 1.54) is 25.7 Å². The molecule has 2 heterocycles. The Labute approximate surface area is 129 Å². The second-order valence-corrected chi connectivity index (χ2v) is 6.41. The molecule has 2 atom stereocenters. The molecule has 0 saturated carbocycles. The second kappa shape index (κ2) is 8.71. The maximum absolute atomic E-state index is 12.5. The Morgan fingerprint density at radius 3 is 2.76 bits per heavy atom. The first-order valence-electron chi connectivity index (χ1n) is 8.45. The first kappa shape index (κ1) is 16.7. The van der Waals surface area contributed by atoms with Crippen LogP contribution in [0.2, 0.25) is 0 Å². The van der Waals surface area contributed by atoms with Crippen molar-refractivity contribution in [2.24, 2.45) is 5.92 Å². The molecule has 2 aliphatic rings. The number of methoxy groups -OCH3 is 1. The van der Waals surface area contributed by atoms with Crippen molar-refractivity contribution in [1.82, 2.24) is 15.1 Å². The number of carbonyl (C=O) groups excluding carboxylic acids is 1. The molecule has 21 heavy (non-hydrogen) atoms. The molecule has 0 aliphatic carbocycles. The summed E-state index contributed by atoms with van der Waals surface area (Å²) < 4.78 is 5.06. The third-order valence-corrected chi connectivity index (χ3v) is 4.79. The highest BCUT2D eigenvalue weighted by Gasteiger charge is 2.30. The lowest BCUT2D eigenvalue weighted by atomic mass is 9.96. The van der Waals surface area contributed by atoms with Gasteiger partial charge in [-0.2, -0.15) is 0 Å². The van der Waals surface area contributed by atoms with Crippen LogP contribution in [0.3, 0.4) is 0 Å². The Balaban J connectivity index is 1.75. The van der Waals surface area contributed by atoms with Crippen molar-refractivity contribution in [3.63, 3.8) is 0 Å². The minimum atomic E-state index is 0.0462. The van der Waals surface area contributed by atoms with Crippen LogP contribution < -0.4 is 5.32 Å². The van der Waals surface area contributed by atoms with Gasteiger partial charge in [-0.1, -0.05) is 0 Å². The first-order chi connectivity index (χ1) is 10.2. The number of piperidine rings is 1. The van der Waals surface area contributed by atoms with Crippen molar-refractivity contribution < 1.29 is 9.53 Å². The molecule has 1 amide bonds. The van der Waals surface area contributed by atoms with Gasteiger partial charge in [0.1, 0.15) is 0 Å². The summed E-state index contributed by atoms with van der Waals surface area (Å²) in [5.41, 5.74) is 0. The first-order valence-corrected chi connectivity index (χ1v) is 8.45. The van der Waals surface area contributed by atoms with E-state index in [-0.39, 0.29) is 6.04 Å². The van der Waals surface area contributed by atoms with Crippen LogP contribution in [0.5, 0.6) is 0 Å². The SMILES string of the molecule is COCCNCC1CCCN(C(C)C(=O)N2CCCC2)C1. The van der Waals surface area contributed by atoms with Gasteiger partial charge in [-0.05, 0) is 51.6 Å². The van der Waals surface area contributed by atoms with Crippen LogP contribution in [0, 0.1) is 5.92 Å². The molecular weight excluding hydrogens is 266 g/mol. The molecular formula is C16H31N3O2. The molecule has 2 saturated heterocycles. The van der Waals surface area contributed by atoms with Crippen LogP contribution in [0.25, 0.3) is 0 Å². The number of hydrogen-bond acceptors (Lipinski definition) is 4. The predicted octanol–water partition coefficient (Wildman–Crippen LogP) is 0.945. The smallest absolute Gasteiger partial charge is 0.239 e. The largest absolute Gasteiger partial charge is 0.383 e. The Morgan fingerprint density at radius 1 is 1.29 bits per heavy atom. The number of amides is 1. The second-order valence-electron chi connectivity index (χ2n) is 6.41. The Kier molecular flexibility index (Phi) is 6.93. The summed E-state index contributed by atoms with van der Waals surface area (Å²) in [6.07, 6.45) is 4.81. The summed E-state index contributed by atoms with van der Waals surface area (Å²) in [6, 6.07) is 0.0462. The Bertz CT molecular complexity index is 319. The molecule has 122 valence electrons. The summed E-state index contributed by atoms with van der Waals surface area (Å²) in [5, 5.41) is 3.45. The summed E-state index contributed by atoms with van der Waals surface area (Å²) in [6.45, 7) is 8.81. The van der Waals surface area contributed by atoms with Crippen molar-refractivity contribution in [1.29, 1.82) is 0 Å². The molecule has 2 unspecified atom stereocenters. The number of ether oxygens (including phenoxy) is 1. The third kappa shape index (κ3) is 4.94. The molecule has 0 spiro atoms. The minimum Gasteiger partial charge on any atom is -0.383 e. The van der Waals surface area contributed by atoms with Gasteiger partial charge in [-0.25, -0.2) is 0 Å². The van der Waals surface area contributed by atoms with E-state index in [9.17, 15) is 4.79 Å². The molecule has 0 aromatic carbocycles. The minimum absolute atomic E-state index is 0.0462. The molecule has 1 N–H and O–H groups in total. The van der Waals surface area contributed by atoms with Crippen LogP contribution in [-0.4, -0.2) is 74.7 Å². The van der Waals surface area contributed by atoms with Gasteiger partial charge in [-0.3, -0.25) is 9.69 Å². The van der Waals surface area contributed by atoms with Crippen LogP contribution in [0.1, 0.15) is 32.6 Å². The zero-order valence-corrected chi connectivity index (χ0v) is 13.6. The van der Waals surface area contributed by atoms with Gasteiger partial charge in [0.05, 0.1) is 12.6 Å². The van der Waals surface area contributed by atoms with E-state index in [0.29, 0.717) is 11.8 Å². The fraction of sp³-hybridized carbons (Fsp3) is 0.938. The number of nitrogens with zero attached hydrogens (tertiary/aromatic N) is 2. The van der Waals surface area contributed by atoms with E-state index in [1.54, 1.807) is 7.11 Å². The quantitative estimate of drug-likeness (QED) is 0.711. The van der Waals surface area contributed by atoms with Crippen LogP contribution in [0.15, 0.2) is 0 Å². The molecule has 0 aromatic rings. The average molecular weight is 297 g/mol. The summed E-state index contributed by atoms with van der Waals surface area (Å²) >= 11 is 0. The Hall–Kier alpha value is -0.650. The van der Waals surface area contributed by atoms with Crippen LogP contribution in [0.4, 0.5) is 0 Å². The van der Waals surface area contributed by atoms with Gasteiger partial charge in [0.15, 0.2) is 0 Å². The van der Waals surface area contributed by atoms with Crippen molar-refractivity contribution in [3.05, 3.63) is 0 Å². The van der Waals surface area contributed by atoms with Gasteiger partial charge in [-0.15, -0.1) is 0 Å². The number of rotatable bonds is 7. The molecule has 0 radical (unpaired) electrons. The molecule has 2 rings (SSSR count). The Morgan fingerprint density at radius 2 is 2.05 bits per heavy atom. The maximum atomic E-state index is 12.5. The molecule has 0 bridgehead atoms. The van der Waals surface area contributed by atoms with E-state index < -0.39 is 0 Å². The number of likely N-dealkylation sites (tertiary alicyclic amines) is 2. The fourth-order valence-electron chi connectivity index (χ4n) is 3.45. The summed E-state index contributed by atoms with van der Waals surface area (Å²) in [4.78, 5) is 16.9. The summed E-state index contributed by atoms with van der Waals surface area (Å²) in [5.74, 6) is 0.991. The van der Waals surface area contributed by atoms with Crippen molar-refractivity contribution in [3.8, 4) is 0 Å². The van der Waals surface area contributed by atoms with Crippen LogP contribution in [-0.2, 0) is 9.53 Å². The molecule has 5 nitrogen and oxygen atoms in total. The molecule has 5 heteroatoms. The van der Waals surface area contributed by atoms with E-state index in [1.807, 2.05) is 4.90 Å². The van der Waals surface area contributed by atoms with E-state index in [2.05, 4.69) is 17.1 Å². The van der Waals surface area contributed by atoms with Gasteiger partial charge < -0.3 is 15.0 Å². The average Bonchev–Trinajstić information content (AvgIpc) is 3.05. The fourth-order valence-corrected chi connectivity index (χ4v) is 3.45. The van der Waals surface area contributed by atoms with Crippen molar-refractivity contribution in [2.75, 3.05) is 53.0 Å². The molecule has 2 aliphatic heterocycles. The number of carbonyl (C=O) groups is 1. The highest BCUT2D eigenvalue weighted by atomic mass is 16.5. The van der Waals surface area contributed by atoms with Gasteiger partial charge in [0.2, 0.25) is 5.91 Å². The van der Waals surface area contributed by atoms with E-state index in [4.69, 9.17) is 4.74 Å². The zero-order valence-electron chi connectivity index (χ0n) is 13.6. The standard InChI is InChI=1S/C16H31N3O2/c1-14(16(20)18-8-3-4-9-18)19-10-5-6-15(13-19)12-17-7-11-21-2/h14-15,17H,3-13H2,1-2H3. The lowest BCUT2D eigenvalue weighted by molar-refractivity contribution is -0.136. The lowest BCUT2D eigenvalue weighted by Gasteiger charge is -2.37. The van der Waals surface area contributed by atoms with Crippen molar-refractivity contribution >= 4 is 5.91 Å². The molecule has 0 aromatic heterocycles. The van der Waals surface area contributed by atoms with E-state index in [0.717, 1.165) is 45.9 Å². The normalized spacial score (nSPS) is 25.2. The highest BCUT2D eigenvalue weighted by Crippen LogP contribution is 2.20. The molecule has 2 fully saturated rings. The van der Waals surface area contributed by atoms with Gasteiger partial charge in [0.25, 0.3) is 0 Å². The topological polar surface area (TPSA) is 44.8 Å². The zero-order chi connectivity index (χ0) is 15.1. The number of hydrogen-bond donors (Lipinski definition) is 1. The van der Waals surface area contributed by atoms with Gasteiger partial charge in [0, 0.05) is 33.3 Å². The highest BCUT2D eigenvalue weighted by molar-refractivity contribution is 5.81. The van der Waals surface area contributed by atoms with E-state index >= 15 is 0 Å². The maximum Gasteiger partial charge on any atom is 0.239 e. The predicted molar refractivity (Wildman–Crippen MR) is 84.3 cm³/mol. The lowest BCUT2D eigenvalue weighted by Crippen LogP contribution is -2.51. The van der Waals surface area contributed by atoms with Crippen LogP contribution >= 0.6 is 0 Å². The third-order valence-electron chi connectivity index (χ3n) is 4.79. The van der Waals surface area contributed by atoms with Gasteiger partial charge >= 0.3 is 0 Å².